The molecule has 0 bridgehead atoms. The number of hydrogen-bond donors (Lipinski definition) is 1. The summed E-state index contributed by atoms with van der Waals surface area (Å²) in [5.74, 6) is 0.792. The lowest BCUT2D eigenvalue weighted by molar-refractivity contribution is 0.409. The van der Waals surface area contributed by atoms with Crippen LogP contribution in [0.5, 0.6) is 5.75 Å². The molecule has 3 aromatic rings. The van der Waals surface area contributed by atoms with E-state index in [4.69, 9.17) is 9.88 Å². The maximum Gasteiger partial charge on any atom is 0.217 e. The number of nitrogens with zero attached hydrogens (tertiary/aromatic N) is 1. The lowest BCUT2D eigenvalue weighted by Crippen LogP contribution is -2.24. The number of fused-ring (bicyclic) bond motifs is 1. The number of hydrogen-bond acceptors (Lipinski definition) is 6. The van der Waals surface area contributed by atoms with Gasteiger partial charge in [-0.15, -0.1) is 11.3 Å². The van der Waals surface area contributed by atoms with Gasteiger partial charge in [-0.1, -0.05) is 42.1 Å². The second-order valence-corrected chi connectivity index (χ2v) is 9.12. The summed E-state index contributed by atoms with van der Waals surface area (Å²) in [6.07, 6.45) is 0. The van der Waals surface area contributed by atoms with E-state index in [0.717, 1.165) is 14.6 Å². The third-order valence-electron chi connectivity index (χ3n) is 3.51. The van der Waals surface area contributed by atoms with Crippen LogP contribution in [0.15, 0.2) is 52.9 Å². The van der Waals surface area contributed by atoms with Gasteiger partial charge in [-0.05, 0) is 18.2 Å². The van der Waals surface area contributed by atoms with Gasteiger partial charge in [0.2, 0.25) is 10.0 Å². The molecule has 1 atom stereocenters. The molecule has 0 aliphatic rings. The number of methoxy groups -OCH3 is 1. The number of thiazole rings is 1. The molecule has 0 aliphatic carbocycles. The predicted molar refractivity (Wildman–Crippen MR) is 99.2 cm³/mol. The molecule has 0 aliphatic heterocycles. The molecule has 0 saturated heterocycles. The molecule has 2 aromatic carbocycles. The smallest absolute Gasteiger partial charge is 0.217 e. The topological polar surface area (TPSA) is 82.3 Å². The van der Waals surface area contributed by atoms with Crippen molar-refractivity contribution in [1.29, 1.82) is 0 Å². The molecule has 0 fully saturated rings. The largest absolute Gasteiger partial charge is 0.496 e. The van der Waals surface area contributed by atoms with Crippen LogP contribution in [-0.2, 0) is 10.0 Å². The maximum atomic E-state index is 12.1. The van der Waals surface area contributed by atoms with Crippen LogP contribution in [0.3, 0.4) is 0 Å². The Morgan fingerprint density at radius 3 is 2.62 bits per heavy atom. The first-order valence-electron chi connectivity index (χ1n) is 7.12. The van der Waals surface area contributed by atoms with Crippen LogP contribution in [0.2, 0.25) is 0 Å². The lowest BCUT2D eigenvalue weighted by atomic mass is 10.1. The molecule has 5 nitrogen and oxygen atoms in total. The minimum absolute atomic E-state index is 0.277. The number of benzene rings is 2. The van der Waals surface area contributed by atoms with Gasteiger partial charge >= 0.3 is 0 Å². The van der Waals surface area contributed by atoms with E-state index in [-0.39, 0.29) is 5.75 Å². The summed E-state index contributed by atoms with van der Waals surface area (Å²) in [7, 11) is -2.26. The zero-order valence-corrected chi connectivity index (χ0v) is 15.3. The maximum absolute atomic E-state index is 12.1. The Morgan fingerprint density at radius 2 is 1.92 bits per heavy atom. The average molecular weight is 381 g/mol. The summed E-state index contributed by atoms with van der Waals surface area (Å²) in [6, 6.07) is 14.8. The van der Waals surface area contributed by atoms with Crippen LogP contribution in [0.4, 0.5) is 0 Å². The van der Waals surface area contributed by atoms with Gasteiger partial charge in [0.15, 0.2) is 4.34 Å². The highest BCUT2D eigenvalue weighted by molar-refractivity contribution is 8.02. The van der Waals surface area contributed by atoms with E-state index in [2.05, 4.69) is 4.98 Å². The van der Waals surface area contributed by atoms with Crippen LogP contribution >= 0.6 is 23.1 Å². The van der Waals surface area contributed by atoms with E-state index in [1.165, 1.54) is 30.2 Å². The molecule has 3 rings (SSSR count). The highest BCUT2D eigenvalue weighted by Crippen LogP contribution is 2.36. The van der Waals surface area contributed by atoms with Gasteiger partial charge < -0.3 is 4.74 Å². The number of primary sulfonamides is 1. The summed E-state index contributed by atoms with van der Waals surface area (Å²) in [4.78, 5) is 4.52. The molecule has 0 saturated carbocycles. The number of aromatic nitrogens is 1. The minimum atomic E-state index is -3.77. The zero-order chi connectivity index (χ0) is 17.2. The number of nitrogens with two attached hydrogens (primary N) is 1. The van der Waals surface area contributed by atoms with E-state index in [1.807, 2.05) is 24.3 Å². The highest BCUT2D eigenvalue weighted by atomic mass is 32.2. The van der Waals surface area contributed by atoms with Crippen LogP contribution < -0.4 is 9.88 Å². The van der Waals surface area contributed by atoms with E-state index in [1.54, 1.807) is 24.3 Å². The summed E-state index contributed by atoms with van der Waals surface area (Å²) in [5.41, 5.74) is 1.48. The normalized spacial score (nSPS) is 13.1. The van der Waals surface area contributed by atoms with Crippen molar-refractivity contribution in [2.45, 2.75) is 9.59 Å². The average Bonchev–Trinajstić information content (AvgIpc) is 2.97. The fraction of sp³-hybridized carbons (Fsp3) is 0.188. The van der Waals surface area contributed by atoms with Gasteiger partial charge in [0, 0.05) is 11.3 Å². The molecule has 0 amide bonds. The third-order valence-corrected chi connectivity index (χ3v) is 7.21. The quantitative estimate of drug-likeness (QED) is 0.663. The Hall–Kier alpha value is -1.61. The SMILES string of the molecule is COc1ccccc1C(CSc1nc2ccccc2s1)S(N)(=O)=O. The fourth-order valence-electron chi connectivity index (χ4n) is 2.35. The summed E-state index contributed by atoms with van der Waals surface area (Å²) in [5, 5.41) is 4.61. The number of rotatable bonds is 6. The van der Waals surface area contributed by atoms with Crippen molar-refractivity contribution in [2.24, 2.45) is 5.14 Å². The predicted octanol–water partition coefficient (Wildman–Crippen LogP) is 3.43. The number of para-hydroxylation sites is 2. The van der Waals surface area contributed by atoms with Gasteiger partial charge in [-0.2, -0.15) is 0 Å². The third kappa shape index (κ3) is 3.72. The van der Waals surface area contributed by atoms with E-state index < -0.39 is 15.3 Å². The van der Waals surface area contributed by atoms with Crippen molar-refractivity contribution < 1.29 is 13.2 Å². The second kappa shape index (κ2) is 7.10. The summed E-state index contributed by atoms with van der Waals surface area (Å²) in [6.45, 7) is 0. The van der Waals surface area contributed by atoms with Gasteiger partial charge in [0.05, 0.1) is 17.3 Å². The van der Waals surface area contributed by atoms with E-state index >= 15 is 0 Å². The summed E-state index contributed by atoms with van der Waals surface area (Å²) >= 11 is 2.93. The first-order chi connectivity index (χ1) is 11.5. The molecule has 24 heavy (non-hydrogen) atoms. The Labute approximate surface area is 148 Å². The summed E-state index contributed by atoms with van der Waals surface area (Å²) < 4.78 is 31.3. The van der Waals surface area contributed by atoms with Gasteiger partial charge in [0.1, 0.15) is 11.0 Å². The standard InChI is InChI=1S/C16H16N2O3S3/c1-21-13-8-4-2-6-11(13)15(24(17,19)20)10-22-16-18-12-7-3-5-9-14(12)23-16/h2-9,15H,10H2,1H3,(H2,17,19,20). The molecule has 8 heteroatoms. The van der Waals surface area contributed by atoms with Crippen molar-refractivity contribution in [1.82, 2.24) is 4.98 Å². The number of ether oxygens (including phenoxy) is 1. The Morgan fingerprint density at radius 1 is 1.21 bits per heavy atom. The first kappa shape index (κ1) is 17.2. The highest BCUT2D eigenvalue weighted by Gasteiger charge is 2.27. The van der Waals surface area contributed by atoms with Crippen LogP contribution in [0.1, 0.15) is 10.8 Å². The van der Waals surface area contributed by atoms with Crippen molar-refractivity contribution in [3.8, 4) is 5.75 Å². The molecule has 126 valence electrons. The Balaban J connectivity index is 1.88. The molecular formula is C16H16N2O3S3. The molecule has 1 aromatic heterocycles. The second-order valence-electron chi connectivity index (χ2n) is 5.08. The lowest BCUT2D eigenvalue weighted by Gasteiger charge is -2.17. The van der Waals surface area contributed by atoms with Crippen molar-refractivity contribution in [3.05, 3.63) is 54.1 Å². The van der Waals surface area contributed by atoms with Crippen molar-refractivity contribution in [2.75, 3.05) is 12.9 Å². The van der Waals surface area contributed by atoms with Crippen molar-refractivity contribution in [3.63, 3.8) is 0 Å². The van der Waals surface area contributed by atoms with Gasteiger partial charge in [-0.3, -0.25) is 0 Å². The molecule has 0 spiro atoms. The molecule has 1 heterocycles. The monoisotopic (exact) mass is 380 g/mol. The Kier molecular flexibility index (Phi) is 5.09. The fourth-order valence-corrected chi connectivity index (χ4v) is 5.91. The van der Waals surface area contributed by atoms with Crippen LogP contribution in [0, 0.1) is 0 Å². The molecule has 1 unspecified atom stereocenters. The van der Waals surface area contributed by atoms with Crippen molar-refractivity contribution >= 4 is 43.3 Å². The number of sulfonamides is 1. The first-order valence-corrected chi connectivity index (χ1v) is 10.5. The minimum Gasteiger partial charge on any atom is -0.496 e. The van der Waals surface area contributed by atoms with Crippen LogP contribution in [-0.4, -0.2) is 26.3 Å². The van der Waals surface area contributed by atoms with E-state index in [0.29, 0.717) is 11.3 Å². The van der Waals surface area contributed by atoms with E-state index in [9.17, 15) is 8.42 Å². The molecule has 0 radical (unpaired) electrons. The molecular weight excluding hydrogens is 364 g/mol. The van der Waals surface area contributed by atoms with Gasteiger partial charge in [-0.25, -0.2) is 18.5 Å². The number of thioether (sulfide) groups is 1. The zero-order valence-electron chi connectivity index (χ0n) is 12.9. The van der Waals surface area contributed by atoms with Crippen LogP contribution in [0.25, 0.3) is 10.2 Å². The Bertz CT molecular complexity index is 921. The molecule has 2 N–H and O–H groups in total. The van der Waals surface area contributed by atoms with Gasteiger partial charge in [0.25, 0.3) is 0 Å².